The summed E-state index contributed by atoms with van der Waals surface area (Å²) in [7, 11) is -3.68. The molecule has 0 N–H and O–H groups in total. The summed E-state index contributed by atoms with van der Waals surface area (Å²) in [6, 6.07) is 0. The topological polar surface area (TPSA) is 60.4 Å². The van der Waals surface area contributed by atoms with E-state index in [4.69, 9.17) is 0 Å². The number of carbonyl (C=O) groups excluding carboxylic acids is 1. The lowest BCUT2D eigenvalue weighted by atomic mass is 9.94. The normalized spacial score (nSPS) is 18.5. The van der Waals surface area contributed by atoms with Gasteiger partial charge in [0.25, 0.3) is 0 Å². The van der Waals surface area contributed by atoms with Gasteiger partial charge in [-0.05, 0) is 26.7 Å². The van der Waals surface area contributed by atoms with E-state index < -0.39 is 20.4 Å². The standard InChI is InChI=1S/C11H22.C6H11BrO4S/c1-11-9-7-5-3-2-4-6-8-10-11;1-4-12(9,10)11-5(8)6(2,3)7/h11H,2-10H2,1H3;4H2,1-3H3. The van der Waals surface area contributed by atoms with E-state index in [-0.39, 0.29) is 5.75 Å². The van der Waals surface area contributed by atoms with Crippen LogP contribution in [-0.2, 0) is 19.1 Å². The van der Waals surface area contributed by atoms with Crippen LogP contribution in [0.3, 0.4) is 0 Å². The maximum Gasteiger partial charge on any atom is 0.338 e. The van der Waals surface area contributed by atoms with Crippen LogP contribution in [0.25, 0.3) is 0 Å². The zero-order valence-corrected chi connectivity index (χ0v) is 17.5. The fourth-order valence-electron chi connectivity index (χ4n) is 2.29. The Balaban J connectivity index is 0.000000422. The van der Waals surface area contributed by atoms with E-state index in [9.17, 15) is 13.2 Å². The Kier molecular flexibility index (Phi) is 11.4. The van der Waals surface area contributed by atoms with Gasteiger partial charge in [-0.1, -0.05) is 80.6 Å². The van der Waals surface area contributed by atoms with Gasteiger partial charge in [0.15, 0.2) is 0 Å². The third-order valence-corrected chi connectivity index (χ3v) is 5.37. The lowest BCUT2D eigenvalue weighted by Crippen LogP contribution is -2.29. The molecule has 0 aliphatic heterocycles. The molecule has 0 radical (unpaired) electrons. The van der Waals surface area contributed by atoms with E-state index in [1.807, 2.05) is 0 Å². The van der Waals surface area contributed by atoms with Crippen LogP contribution < -0.4 is 0 Å². The molecule has 1 fully saturated rings. The highest BCUT2D eigenvalue weighted by molar-refractivity contribution is 9.10. The maximum atomic E-state index is 11.0. The van der Waals surface area contributed by atoms with Crippen LogP contribution in [0.4, 0.5) is 0 Å². The Morgan fingerprint density at radius 3 is 1.78 bits per heavy atom. The zero-order chi connectivity index (χ0) is 17.9. The van der Waals surface area contributed by atoms with Gasteiger partial charge in [-0.3, -0.25) is 0 Å². The minimum absolute atomic E-state index is 0.207. The summed E-state index contributed by atoms with van der Waals surface area (Å²) in [5.41, 5.74) is 0. The number of halogens is 1. The van der Waals surface area contributed by atoms with Crippen molar-refractivity contribution in [1.82, 2.24) is 0 Å². The third-order valence-electron chi connectivity index (χ3n) is 3.94. The second-order valence-electron chi connectivity index (χ2n) is 6.85. The lowest BCUT2D eigenvalue weighted by molar-refractivity contribution is -0.135. The second kappa shape index (κ2) is 11.5. The molecule has 1 aliphatic carbocycles. The molecule has 0 unspecified atom stereocenters. The number of carbonyl (C=O) groups is 1. The number of hydrogen-bond donors (Lipinski definition) is 0. The van der Waals surface area contributed by atoms with Crippen molar-refractivity contribution < 1.29 is 17.4 Å². The molecule has 6 heteroatoms. The molecule has 4 nitrogen and oxygen atoms in total. The average Bonchev–Trinajstić information content (AvgIpc) is 2.45. The summed E-state index contributed by atoms with van der Waals surface area (Å²) in [5, 5.41) is 0. The third kappa shape index (κ3) is 12.9. The Hall–Kier alpha value is -0.100. The second-order valence-corrected chi connectivity index (χ2v) is 10.7. The van der Waals surface area contributed by atoms with Gasteiger partial charge < -0.3 is 4.18 Å². The van der Waals surface area contributed by atoms with Crippen molar-refractivity contribution in [2.24, 2.45) is 5.92 Å². The molecule has 0 spiro atoms. The van der Waals surface area contributed by atoms with Crippen molar-refractivity contribution in [1.29, 1.82) is 0 Å². The highest BCUT2D eigenvalue weighted by Crippen LogP contribution is 2.20. The van der Waals surface area contributed by atoms with Crippen LogP contribution in [0.1, 0.15) is 85.5 Å². The molecule has 23 heavy (non-hydrogen) atoms. The summed E-state index contributed by atoms with van der Waals surface area (Å²) in [4.78, 5) is 11.0. The molecule has 0 aromatic heterocycles. The Morgan fingerprint density at radius 2 is 1.43 bits per heavy atom. The largest absolute Gasteiger partial charge is 0.344 e. The first-order valence-electron chi connectivity index (χ1n) is 8.74. The first-order chi connectivity index (χ1) is 10.6. The SMILES string of the molecule is CC1CCCCCCCCC1.CCS(=O)(=O)OC(=O)C(C)(C)Br. The fraction of sp³-hybridized carbons (Fsp3) is 0.941. The average molecular weight is 413 g/mol. The highest BCUT2D eigenvalue weighted by atomic mass is 79.9. The van der Waals surface area contributed by atoms with Gasteiger partial charge in [-0.15, -0.1) is 0 Å². The molecule has 0 bridgehead atoms. The minimum atomic E-state index is -3.68. The molecular formula is C17H33BrO4S. The molecule has 0 atom stereocenters. The summed E-state index contributed by atoms with van der Waals surface area (Å²) < 4.78 is 24.9. The maximum absolute atomic E-state index is 11.0. The Morgan fingerprint density at radius 1 is 1.04 bits per heavy atom. The van der Waals surface area contributed by atoms with E-state index in [0.717, 1.165) is 5.92 Å². The monoisotopic (exact) mass is 412 g/mol. The molecular weight excluding hydrogens is 380 g/mol. The van der Waals surface area contributed by atoms with Crippen LogP contribution in [0, 0.1) is 5.92 Å². The fourth-order valence-corrected chi connectivity index (χ4v) is 3.03. The minimum Gasteiger partial charge on any atom is -0.344 e. The molecule has 0 amide bonds. The van der Waals surface area contributed by atoms with Crippen LogP contribution in [-0.4, -0.2) is 24.5 Å². The van der Waals surface area contributed by atoms with E-state index in [2.05, 4.69) is 27.0 Å². The molecule has 1 saturated carbocycles. The van der Waals surface area contributed by atoms with Gasteiger partial charge >= 0.3 is 16.1 Å². The van der Waals surface area contributed by atoms with E-state index >= 15 is 0 Å². The smallest absolute Gasteiger partial charge is 0.338 e. The van der Waals surface area contributed by atoms with Gasteiger partial charge in [0, 0.05) is 0 Å². The molecule has 0 heterocycles. The molecule has 0 aromatic rings. The molecule has 1 rings (SSSR count). The van der Waals surface area contributed by atoms with Gasteiger partial charge in [-0.25, -0.2) is 4.79 Å². The van der Waals surface area contributed by atoms with Crippen LogP contribution >= 0.6 is 15.9 Å². The van der Waals surface area contributed by atoms with Crippen LogP contribution in [0.2, 0.25) is 0 Å². The van der Waals surface area contributed by atoms with Crippen molar-refractivity contribution in [3.63, 3.8) is 0 Å². The zero-order valence-electron chi connectivity index (χ0n) is 15.1. The number of alkyl halides is 1. The van der Waals surface area contributed by atoms with Crippen molar-refractivity contribution in [2.75, 3.05) is 5.75 Å². The number of hydrogen-bond acceptors (Lipinski definition) is 4. The molecule has 138 valence electrons. The predicted octanol–water partition coefficient (Wildman–Crippen LogP) is 5.20. The highest BCUT2D eigenvalue weighted by Gasteiger charge is 2.29. The first-order valence-corrected chi connectivity index (χ1v) is 11.1. The van der Waals surface area contributed by atoms with Gasteiger partial charge in [0.1, 0.15) is 4.32 Å². The quantitative estimate of drug-likeness (QED) is 0.471. The molecule has 1 aliphatic rings. The van der Waals surface area contributed by atoms with E-state index in [1.54, 1.807) is 0 Å². The molecule has 0 aromatic carbocycles. The van der Waals surface area contributed by atoms with Gasteiger partial charge in [-0.2, -0.15) is 8.42 Å². The van der Waals surface area contributed by atoms with Crippen LogP contribution in [0.5, 0.6) is 0 Å². The van der Waals surface area contributed by atoms with Crippen LogP contribution in [0.15, 0.2) is 0 Å². The van der Waals surface area contributed by atoms with E-state index in [0.29, 0.717) is 0 Å². The lowest BCUT2D eigenvalue weighted by Gasteiger charge is -2.13. The van der Waals surface area contributed by atoms with E-state index in [1.165, 1.54) is 78.6 Å². The van der Waals surface area contributed by atoms with Gasteiger partial charge in [0.05, 0.1) is 5.75 Å². The summed E-state index contributed by atoms with van der Waals surface area (Å²) in [6.07, 6.45) is 13.4. The van der Waals surface area contributed by atoms with Gasteiger partial charge in [0.2, 0.25) is 0 Å². The first kappa shape index (κ1) is 22.9. The van der Waals surface area contributed by atoms with Crippen molar-refractivity contribution in [2.45, 2.75) is 89.8 Å². The number of rotatable bonds is 3. The Bertz CT molecular complexity index is 416. The Labute approximate surface area is 151 Å². The molecule has 0 saturated heterocycles. The summed E-state index contributed by atoms with van der Waals surface area (Å²) >= 11 is 2.99. The van der Waals surface area contributed by atoms with Crippen molar-refractivity contribution in [3.8, 4) is 0 Å². The summed E-state index contributed by atoms with van der Waals surface area (Å²) in [5.74, 6) is -0.000556. The van der Waals surface area contributed by atoms with Crippen molar-refractivity contribution >= 4 is 32.0 Å². The predicted molar refractivity (Wildman–Crippen MR) is 99.3 cm³/mol. The summed E-state index contributed by atoms with van der Waals surface area (Å²) in [6.45, 7) is 6.85. The van der Waals surface area contributed by atoms with Crippen molar-refractivity contribution in [3.05, 3.63) is 0 Å².